The third kappa shape index (κ3) is 3.05. The average Bonchev–Trinajstić information content (AvgIpc) is 2.61. The predicted molar refractivity (Wildman–Crippen MR) is 82.9 cm³/mol. The average molecular weight is 331 g/mol. The maximum Gasteiger partial charge on any atom is 0.415 e. The Balaban J connectivity index is 2.15. The van der Waals surface area contributed by atoms with Gasteiger partial charge in [-0.2, -0.15) is 13.2 Å². The van der Waals surface area contributed by atoms with Crippen LogP contribution < -0.4 is 4.90 Å². The summed E-state index contributed by atoms with van der Waals surface area (Å²) in [4.78, 5) is 20.7. The van der Waals surface area contributed by atoms with Crippen LogP contribution in [0.2, 0.25) is 0 Å². The van der Waals surface area contributed by atoms with Gasteiger partial charge in [-0.25, -0.2) is 0 Å². The number of hydrogen-bond donors (Lipinski definition) is 0. The Morgan fingerprint density at radius 3 is 2.54 bits per heavy atom. The molecule has 1 aliphatic heterocycles. The van der Waals surface area contributed by atoms with Crippen LogP contribution >= 0.6 is 0 Å². The lowest BCUT2D eigenvalue weighted by atomic mass is 9.97. The molecule has 0 aliphatic carbocycles. The summed E-state index contributed by atoms with van der Waals surface area (Å²) in [5.41, 5.74) is 0.102. The first-order chi connectivity index (χ1) is 11.5. The van der Waals surface area contributed by atoms with Crippen LogP contribution in [0.5, 0.6) is 0 Å². The van der Waals surface area contributed by atoms with Gasteiger partial charge in [0.15, 0.2) is 0 Å². The first kappa shape index (κ1) is 15.9. The van der Waals surface area contributed by atoms with Gasteiger partial charge in [0.2, 0.25) is 0 Å². The van der Waals surface area contributed by atoms with Gasteiger partial charge in [-0.3, -0.25) is 9.97 Å². The number of anilines is 1. The molecule has 7 heteroatoms. The zero-order valence-corrected chi connectivity index (χ0v) is 12.3. The largest absolute Gasteiger partial charge is 0.415 e. The molecule has 0 saturated carbocycles. The quantitative estimate of drug-likeness (QED) is 0.809. The highest BCUT2D eigenvalue weighted by molar-refractivity contribution is 5.84. The number of nitrogens with zero attached hydrogens (tertiary/aromatic N) is 3. The van der Waals surface area contributed by atoms with Crippen molar-refractivity contribution in [3.63, 3.8) is 0 Å². The van der Waals surface area contributed by atoms with Gasteiger partial charge in [0.1, 0.15) is 12.3 Å². The molecule has 0 amide bonds. The van der Waals surface area contributed by atoms with Crippen LogP contribution in [0.25, 0.3) is 5.57 Å². The van der Waals surface area contributed by atoms with Crippen LogP contribution in [0.4, 0.5) is 18.9 Å². The van der Waals surface area contributed by atoms with Crippen molar-refractivity contribution in [2.24, 2.45) is 0 Å². The summed E-state index contributed by atoms with van der Waals surface area (Å²) in [6.07, 6.45) is 2.49. The van der Waals surface area contributed by atoms with Gasteiger partial charge in [0, 0.05) is 24.2 Å². The Morgan fingerprint density at radius 1 is 1.12 bits per heavy atom. The summed E-state index contributed by atoms with van der Waals surface area (Å²) in [6.45, 7) is 0. The maximum atomic E-state index is 13.4. The van der Waals surface area contributed by atoms with Gasteiger partial charge >= 0.3 is 6.18 Å². The summed E-state index contributed by atoms with van der Waals surface area (Å²) in [7, 11) is 0. The van der Waals surface area contributed by atoms with Crippen molar-refractivity contribution in [2.75, 3.05) is 4.90 Å². The Bertz CT molecular complexity index is 786. The first-order valence-electron chi connectivity index (χ1n) is 7.06. The molecule has 1 unspecified atom stereocenters. The molecule has 3 rings (SSSR count). The number of carbonyl (C=O) groups is 1. The molecule has 2 aromatic rings. The topological polar surface area (TPSA) is 46.1 Å². The third-order valence-corrected chi connectivity index (χ3v) is 3.57. The number of hydrogen-bond acceptors (Lipinski definition) is 4. The van der Waals surface area contributed by atoms with E-state index in [-0.39, 0.29) is 11.9 Å². The summed E-state index contributed by atoms with van der Waals surface area (Å²) in [5.74, 6) is 0. The number of pyridine rings is 2. The lowest BCUT2D eigenvalue weighted by Gasteiger charge is -2.33. The molecular formula is C17H12F3N3O. The number of halogens is 3. The molecule has 0 aromatic carbocycles. The molecule has 1 atom stereocenters. The van der Waals surface area contributed by atoms with Crippen LogP contribution in [-0.4, -0.2) is 28.5 Å². The molecule has 1 aliphatic rings. The van der Waals surface area contributed by atoms with Crippen LogP contribution in [0.15, 0.2) is 66.8 Å². The van der Waals surface area contributed by atoms with E-state index in [1.807, 2.05) is 0 Å². The minimum Gasteiger partial charge on any atom is -0.332 e. The van der Waals surface area contributed by atoms with E-state index in [4.69, 9.17) is 0 Å². The highest BCUT2D eigenvalue weighted by Crippen LogP contribution is 2.37. The normalized spacial score (nSPS) is 18.0. The molecule has 0 saturated heterocycles. The van der Waals surface area contributed by atoms with Crippen molar-refractivity contribution < 1.29 is 18.0 Å². The van der Waals surface area contributed by atoms with Gasteiger partial charge in [-0.15, -0.1) is 0 Å². The maximum absolute atomic E-state index is 13.4. The lowest BCUT2D eigenvalue weighted by molar-refractivity contribution is -0.115. The van der Waals surface area contributed by atoms with E-state index >= 15 is 0 Å². The molecule has 122 valence electrons. The minimum atomic E-state index is -4.64. The van der Waals surface area contributed by atoms with E-state index in [0.29, 0.717) is 11.4 Å². The van der Waals surface area contributed by atoms with Crippen molar-refractivity contribution in [3.8, 4) is 0 Å². The van der Waals surface area contributed by atoms with E-state index in [0.717, 1.165) is 6.08 Å². The first-order valence-corrected chi connectivity index (χ1v) is 7.06. The van der Waals surface area contributed by atoms with E-state index in [1.165, 1.54) is 29.7 Å². The fourth-order valence-electron chi connectivity index (χ4n) is 2.47. The Labute approximate surface area is 136 Å². The van der Waals surface area contributed by atoms with Gasteiger partial charge in [0.05, 0.1) is 23.2 Å². The van der Waals surface area contributed by atoms with Gasteiger partial charge in [-0.05, 0) is 30.3 Å². The summed E-state index contributed by atoms with van der Waals surface area (Å²) < 4.78 is 40.3. The van der Waals surface area contributed by atoms with Crippen molar-refractivity contribution in [1.29, 1.82) is 0 Å². The second-order valence-corrected chi connectivity index (χ2v) is 5.10. The number of rotatable bonds is 3. The highest BCUT2D eigenvalue weighted by atomic mass is 19.4. The second kappa shape index (κ2) is 6.27. The molecule has 4 nitrogen and oxygen atoms in total. The molecular weight excluding hydrogens is 319 g/mol. The summed E-state index contributed by atoms with van der Waals surface area (Å²) >= 11 is 0. The van der Waals surface area contributed by atoms with E-state index < -0.39 is 17.8 Å². The van der Waals surface area contributed by atoms with E-state index in [9.17, 15) is 18.0 Å². The number of aromatic nitrogens is 2. The Morgan fingerprint density at radius 2 is 1.96 bits per heavy atom. The fraction of sp³-hybridized carbons (Fsp3) is 0.118. The smallest absolute Gasteiger partial charge is 0.332 e. The zero-order valence-electron chi connectivity index (χ0n) is 12.3. The fourth-order valence-corrected chi connectivity index (χ4v) is 2.47. The van der Waals surface area contributed by atoms with Crippen molar-refractivity contribution in [2.45, 2.75) is 12.2 Å². The SMILES string of the molecule is O=CC1C(C(F)(F)F)=CC(c2ccccn2)=CN1c1cccnc1. The van der Waals surface area contributed by atoms with E-state index in [1.54, 1.807) is 30.3 Å². The summed E-state index contributed by atoms with van der Waals surface area (Å²) in [6, 6.07) is 6.69. The third-order valence-electron chi connectivity index (χ3n) is 3.57. The molecule has 0 N–H and O–H groups in total. The molecule has 2 aromatic heterocycles. The molecule has 0 bridgehead atoms. The van der Waals surface area contributed by atoms with Crippen LogP contribution in [0, 0.1) is 0 Å². The van der Waals surface area contributed by atoms with Gasteiger partial charge in [-0.1, -0.05) is 6.07 Å². The second-order valence-electron chi connectivity index (χ2n) is 5.10. The van der Waals surface area contributed by atoms with Gasteiger partial charge in [0.25, 0.3) is 0 Å². The van der Waals surface area contributed by atoms with Crippen LogP contribution in [-0.2, 0) is 4.79 Å². The van der Waals surface area contributed by atoms with Crippen LogP contribution in [0.1, 0.15) is 5.69 Å². The number of carbonyl (C=O) groups excluding carboxylic acids is 1. The lowest BCUT2D eigenvalue weighted by Crippen LogP contribution is -2.41. The Hall–Kier alpha value is -2.96. The van der Waals surface area contributed by atoms with Crippen molar-refractivity contribution >= 4 is 17.5 Å². The zero-order chi connectivity index (χ0) is 17.2. The van der Waals surface area contributed by atoms with Crippen LogP contribution in [0.3, 0.4) is 0 Å². The molecule has 24 heavy (non-hydrogen) atoms. The highest BCUT2D eigenvalue weighted by Gasteiger charge is 2.43. The predicted octanol–water partition coefficient (Wildman–Crippen LogP) is 3.39. The standard InChI is InChI=1S/C17H12F3N3O/c18-17(19,20)14-8-12(15-5-1-2-7-22-15)10-23(16(14)11-24)13-4-3-6-21-9-13/h1-11,16H. The van der Waals surface area contributed by atoms with Crippen molar-refractivity contribution in [3.05, 3.63) is 72.5 Å². The molecule has 3 heterocycles. The molecule has 0 fully saturated rings. The molecule has 0 spiro atoms. The minimum absolute atomic E-state index is 0.268. The number of allylic oxidation sites excluding steroid dienone is 2. The van der Waals surface area contributed by atoms with Gasteiger partial charge < -0.3 is 9.69 Å². The summed E-state index contributed by atoms with van der Waals surface area (Å²) in [5, 5.41) is 0. The van der Waals surface area contributed by atoms with E-state index in [2.05, 4.69) is 9.97 Å². The number of aldehydes is 1. The monoisotopic (exact) mass is 331 g/mol. The van der Waals surface area contributed by atoms with Crippen molar-refractivity contribution in [1.82, 2.24) is 9.97 Å². The molecule has 0 radical (unpaired) electrons. The Kier molecular flexibility index (Phi) is 4.16. The number of alkyl halides is 3.